The van der Waals surface area contributed by atoms with Crippen LogP contribution in [0, 0.1) is 11.8 Å². The molecular weight excluding hydrogens is 282 g/mol. The van der Waals surface area contributed by atoms with E-state index in [1.165, 1.54) is 0 Å². The molecule has 0 bridgehead atoms. The molecule has 2 aliphatic rings. The second-order valence-electron chi connectivity index (χ2n) is 5.82. The average molecular weight is 309 g/mol. The van der Waals surface area contributed by atoms with E-state index in [-0.39, 0.29) is 23.7 Å². The Balaban J connectivity index is 1.56. The maximum Gasteiger partial charge on any atom is 0.223 e. The van der Waals surface area contributed by atoms with Gasteiger partial charge in [-0.15, -0.1) is 0 Å². The van der Waals surface area contributed by atoms with E-state index in [0.717, 1.165) is 32.2 Å². The number of rotatable bonds is 9. The first-order valence-electron chi connectivity index (χ1n) is 8.28. The van der Waals surface area contributed by atoms with E-state index in [1.54, 1.807) is 0 Å². The van der Waals surface area contributed by atoms with Crippen LogP contribution in [-0.4, -0.2) is 50.5 Å². The van der Waals surface area contributed by atoms with E-state index in [1.807, 2.05) is 6.92 Å². The first-order valence-corrected chi connectivity index (χ1v) is 8.28. The lowest BCUT2D eigenvalue weighted by Crippen LogP contribution is -2.42. The van der Waals surface area contributed by atoms with E-state index in [4.69, 9.17) is 0 Å². The van der Waals surface area contributed by atoms with Crippen molar-refractivity contribution >= 4 is 17.8 Å². The van der Waals surface area contributed by atoms with Gasteiger partial charge < -0.3 is 21.3 Å². The molecule has 0 aromatic rings. The second-order valence-corrected chi connectivity index (χ2v) is 5.82. The van der Waals surface area contributed by atoms with Gasteiger partial charge in [-0.25, -0.2) is 0 Å². The summed E-state index contributed by atoms with van der Waals surface area (Å²) in [4.78, 5) is 27.4. The van der Waals surface area contributed by atoms with Crippen molar-refractivity contribution in [3.8, 4) is 0 Å². The van der Waals surface area contributed by atoms with Gasteiger partial charge in [0, 0.05) is 38.0 Å². The van der Waals surface area contributed by atoms with E-state index < -0.39 is 0 Å². The van der Waals surface area contributed by atoms with Gasteiger partial charge in [0.05, 0.1) is 6.54 Å². The molecule has 2 saturated carbocycles. The molecule has 0 heterocycles. The Morgan fingerprint density at radius 1 is 0.864 bits per heavy atom. The molecule has 124 valence electrons. The molecule has 7 heteroatoms. The van der Waals surface area contributed by atoms with Crippen LogP contribution in [0.1, 0.15) is 32.6 Å². The number of hydrogen-bond donors (Lipinski definition) is 4. The zero-order chi connectivity index (χ0) is 15.8. The van der Waals surface area contributed by atoms with Crippen molar-refractivity contribution in [2.45, 2.75) is 32.6 Å². The summed E-state index contributed by atoms with van der Waals surface area (Å²) in [5.74, 6) is 1.51. The van der Waals surface area contributed by atoms with Gasteiger partial charge in [-0.2, -0.15) is 0 Å². The van der Waals surface area contributed by atoms with Crippen molar-refractivity contribution in [1.82, 2.24) is 21.3 Å². The van der Waals surface area contributed by atoms with Gasteiger partial charge in [0.2, 0.25) is 11.8 Å². The Kier molecular flexibility index (Phi) is 6.48. The summed E-state index contributed by atoms with van der Waals surface area (Å²) in [6, 6.07) is 0. The van der Waals surface area contributed by atoms with Crippen LogP contribution >= 0.6 is 0 Å². The van der Waals surface area contributed by atoms with E-state index in [0.29, 0.717) is 32.1 Å². The largest absolute Gasteiger partial charge is 0.357 e. The summed E-state index contributed by atoms with van der Waals surface area (Å²) in [5.41, 5.74) is 0. The van der Waals surface area contributed by atoms with Crippen LogP contribution in [0.25, 0.3) is 0 Å². The minimum atomic E-state index is 0.149. The number of aliphatic imine (C=N–C) groups is 1. The van der Waals surface area contributed by atoms with Gasteiger partial charge in [0.25, 0.3) is 0 Å². The highest BCUT2D eigenvalue weighted by Crippen LogP contribution is 2.28. The summed E-state index contributed by atoms with van der Waals surface area (Å²) in [5, 5.41) is 12.1. The molecule has 2 rings (SSSR count). The lowest BCUT2D eigenvalue weighted by Gasteiger charge is -2.12. The maximum absolute atomic E-state index is 11.5. The highest BCUT2D eigenvalue weighted by atomic mass is 16.2. The summed E-state index contributed by atoms with van der Waals surface area (Å²) in [6.07, 6.45) is 4.09. The van der Waals surface area contributed by atoms with Crippen molar-refractivity contribution in [2.75, 3.05) is 32.7 Å². The molecule has 0 spiro atoms. The van der Waals surface area contributed by atoms with Crippen molar-refractivity contribution in [2.24, 2.45) is 16.8 Å². The fourth-order valence-corrected chi connectivity index (χ4v) is 2.03. The maximum atomic E-state index is 11.5. The molecule has 0 aliphatic heterocycles. The number of nitrogens with one attached hydrogen (secondary N) is 4. The fourth-order valence-electron chi connectivity index (χ4n) is 2.03. The molecule has 4 N–H and O–H groups in total. The molecule has 0 aromatic heterocycles. The predicted molar refractivity (Wildman–Crippen MR) is 85.4 cm³/mol. The van der Waals surface area contributed by atoms with Gasteiger partial charge in [-0.05, 0) is 32.6 Å². The van der Waals surface area contributed by atoms with Crippen LogP contribution in [0.2, 0.25) is 0 Å². The lowest BCUT2D eigenvalue weighted by molar-refractivity contribution is -0.123. The molecule has 0 radical (unpaired) electrons. The first-order chi connectivity index (χ1) is 10.7. The molecule has 2 amide bonds. The smallest absolute Gasteiger partial charge is 0.223 e. The normalized spacial score (nSPS) is 17.8. The molecule has 0 atom stereocenters. The Morgan fingerprint density at radius 2 is 1.41 bits per heavy atom. The number of amides is 2. The molecule has 2 aliphatic carbocycles. The van der Waals surface area contributed by atoms with E-state index >= 15 is 0 Å². The third-order valence-corrected chi connectivity index (χ3v) is 3.64. The zero-order valence-electron chi connectivity index (χ0n) is 13.3. The Bertz CT molecular complexity index is 416. The van der Waals surface area contributed by atoms with Gasteiger partial charge >= 0.3 is 0 Å². The quantitative estimate of drug-likeness (QED) is 0.265. The number of guanidine groups is 1. The van der Waals surface area contributed by atoms with E-state index in [9.17, 15) is 9.59 Å². The number of carbonyl (C=O) groups is 2. The monoisotopic (exact) mass is 309 g/mol. The Morgan fingerprint density at radius 3 is 1.95 bits per heavy atom. The minimum Gasteiger partial charge on any atom is -0.357 e. The Labute approximate surface area is 131 Å². The van der Waals surface area contributed by atoms with Crippen LogP contribution in [-0.2, 0) is 9.59 Å². The molecular formula is C15H27N5O2. The highest BCUT2D eigenvalue weighted by Gasteiger charge is 2.29. The second kappa shape index (κ2) is 8.60. The van der Waals surface area contributed by atoms with Crippen molar-refractivity contribution in [1.29, 1.82) is 0 Å². The predicted octanol–water partition coefficient (Wildman–Crippen LogP) is -0.406. The van der Waals surface area contributed by atoms with E-state index in [2.05, 4.69) is 26.3 Å². The summed E-state index contributed by atoms with van der Waals surface area (Å²) < 4.78 is 0. The van der Waals surface area contributed by atoms with Crippen molar-refractivity contribution in [3.05, 3.63) is 0 Å². The molecule has 0 saturated heterocycles. The molecule has 7 nitrogen and oxygen atoms in total. The lowest BCUT2D eigenvalue weighted by atomic mass is 10.4. The van der Waals surface area contributed by atoms with Crippen LogP contribution < -0.4 is 21.3 Å². The van der Waals surface area contributed by atoms with Crippen LogP contribution in [0.3, 0.4) is 0 Å². The average Bonchev–Trinajstić information content (AvgIpc) is 3.39. The van der Waals surface area contributed by atoms with Crippen LogP contribution in [0.5, 0.6) is 0 Å². The van der Waals surface area contributed by atoms with Crippen LogP contribution in [0.15, 0.2) is 4.99 Å². The number of hydrogen-bond acceptors (Lipinski definition) is 3. The Hall–Kier alpha value is -1.79. The summed E-state index contributed by atoms with van der Waals surface area (Å²) in [6.45, 7) is 5.11. The molecule has 22 heavy (non-hydrogen) atoms. The third-order valence-electron chi connectivity index (χ3n) is 3.64. The highest BCUT2D eigenvalue weighted by molar-refractivity contribution is 5.82. The standard InChI is InChI=1S/C15H27N5O2/c1-2-16-15(19-9-7-17-13(21)11-3-4-11)20-10-8-18-14(22)12-5-6-12/h11-12H,2-10H2,1H3,(H,17,21)(H,18,22)(H2,16,19,20). The summed E-state index contributed by atoms with van der Waals surface area (Å²) >= 11 is 0. The zero-order valence-corrected chi connectivity index (χ0v) is 13.3. The van der Waals surface area contributed by atoms with Crippen molar-refractivity contribution in [3.63, 3.8) is 0 Å². The number of carbonyl (C=O) groups excluding carboxylic acids is 2. The summed E-state index contributed by atoms with van der Waals surface area (Å²) in [7, 11) is 0. The molecule has 0 aromatic carbocycles. The minimum absolute atomic E-state index is 0.149. The first kappa shape index (κ1) is 16.6. The van der Waals surface area contributed by atoms with Gasteiger partial charge in [0.1, 0.15) is 0 Å². The van der Waals surface area contributed by atoms with Gasteiger partial charge in [0.15, 0.2) is 5.96 Å². The SMILES string of the molecule is CCNC(=NCCNC(=O)C1CC1)NCCNC(=O)C1CC1. The van der Waals surface area contributed by atoms with Crippen molar-refractivity contribution < 1.29 is 9.59 Å². The van der Waals surface area contributed by atoms with Gasteiger partial charge in [-0.1, -0.05) is 0 Å². The molecule has 0 unspecified atom stereocenters. The topological polar surface area (TPSA) is 94.6 Å². The van der Waals surface area contributed by atoms with Crippen LogP contribution in [0.4, 0.5) is 0 Å². The molecule has 2 fully saturated rings. The fraction of sp³-hybridized carbons (Fsp3) is 0.800. The third kappa shape index (κ3) is 6.32. The number of nitrogens with zero attached hydrogens (tertiary/aromatic N) is 1. The van der Waals surface area contributed by atoms with Gasteiger partial charge in [-0.3, -0.25) is 14.6 Å².